The number of fused-ring (bicyclic) bond motifs is 1. The minimum Gasteiger partial charge on any atom is -0.550 e. The molecule has 1 N–H and O–H groups in total. The molecule has 0 aliphatic heterocycles. The summed E-state index contributed by atoms with van der Waals surface area (Å²) in [6.45, 7) is 3.78. The van der Waals surface area contributed by atoms with Gasteiger partial charge in [0.25, 0.3) is 5.91 Å². The van der Waals surface area contributed by atoms with Crippen molar-refractivity contribution in [1.82, 2.24) is 5.32 Å². The van der Waals surface area contributed by atoms with E-state index in [-0.39, 0.29) is 25.2 Å². The van der Waals surface area contributed by atoms with Crippen molar-refractivity contribution in [3.63, 3.8) is 0 Å². The third-order valence-electron chi connectivity index (χ3n) is 4.56. The number of aryl methyl sites for hydroxylation is 1. The van der Waals surface area contributed by atoms with Crippen LogP contribution in [0.25, 0.3) is 11.0 Å². The Bertz CT molecular complexity index is 886. The number of nitrogens with one attached hydrogen (secondary N) is 1. The van der Waals surface area contributed by atoms with Crippen LogP contribution in [0, 0.1) is 6.92 Å². The highest BCUT2D eigenvalue weighted by atomic mass is 16.5. The van der Waals surface area contributed by atoms with Crippen molar-refractivity contribution >= 4 is 22.8 Å². The molecule has 0 radical (unpaired) electrons. The Morgan fingerprint density at radius 3 is 2.71 bits per heavy atom. The second-order valence-electron chi connectivity index (χ2n) is 6.72. The molecule has 0 aliphatic carbocycles. The second-order valence-corrected chi connectivity index (χ2v) is 6.72. The molecule has 0 spiro atoms. The summed E-state index contributed by atoms with van der Waals surface area (Å²) in [5.41, 5.74) is 1.70. The van der Waals surface area contributed by atoms with Crippen LogP contribution in [0.2, 0.25) is 0 Å². The molecule has 0 fully saturated rings. The highest BCUT2D eigenvalue weighted by Gasteiger charge is 2.12. The fraction of sp³-hybridized carbons (Fsp3) is 0.476. The number of aliphatic carboxylic acids is 1. The van der Waals surface area contributed by atoms with Crippen molar-refractivity contribution in [2.75, 3.05) is 13.2 Å². The Morgan fingerprint density at radius 1 is 1.21 bits per heavy atom. The average Bonchev–Trinajstić information content (AvgIpc) is 2.65. The van der Waals surface area contributed by atoms with Gasteiger partial charge in [0, 0.05) is 36.0 Å². The number of carbonyl (C=O) groups is 2. The first kappa shape index (κ1) is 21.5. The van der Waals surface area contributed by atoms with Crippen LogP contribution in [0.15, 0.2) is 27.4 Å². The van der Waals surface area contributed by atoms with Crippen molar-refractivity contribution in [2.45, 2.75) is 52.4 Å². The monoisotopic (exact) mass is 388 g/mol. The quantitative estimate of drug-likeness (QED) is 0.465. The number of hydrogen-bond acceptors (Lipinski definition) is 6. The van der Waals surface area contributed by atoms with E-state index in [0.29, 0.717) is 23.3 Å². The lowest BCUT2D eigenvalue weighted by atomic mass is 10.0. The number of ether oxygens (including phenoxy) is 1. The molecular formula is C21H26NO6-. The minimum absolute atomic E-state index is 0.0165. The van der Waals surface area contributed by atoms with Gasteiger partial charge in [0.15, 0.2) is 6.61 Å². The molecule has 7 nitrogen and oxygen atoms in total. The van der Waals surface area contributed by atoms with Crippen molar-refractivity contribution < 1.29 is 23.8 Å². The summed E-state index contributed by atoms with van der Waals surface area (Å²) in [6, 6.07) is 5.11. The van der Waals surface area contributed by atoms with Gasteiger partial charge in [0.05, 0.1) is 0 Å². The lowest BCUT2D eigenvalue weighted by Crippen LogP contribution is -2.33. The van der Waals surface area contributed by atoms with E-state index in [0.717, 1.165) is 36.6 Å². The summed E-state index contributed by atoms with van der Waals surface area (Å²) in [7, 11) is 0. The van der Waals surface area contributed by atoms with Crippen LogP contribution in [0.3, 0.4) is 0 Å². The highest BCUT2D eigenvalue weighted by Crippen LogP contribution is 2.25. The Morgan fingerprint density at radius 2 is 2.00 bits per heavy atom. The Kier molecular flexibility index (Phi) is 8.04. The van der Waals surface area contributed by atoms with E-state index >= 15 is 0 Å². The lowest BCUT2D eigenvalue weighted by molar-refractivity contribution is -0.305. The Labute approximate surface area is 163 Å². The molecule has 1 heterocycles. The number of carboxylic acids is 1. The largest absolute Gasteiger partial charge is 0.550 e. The molecule has 28 heavy (non-hydrogen) atoms. The molecule has 1 amide bonds. The summed E-state index contributed by atoms with van der Waals surface area (Å²) < 4.78 is 10.9. The van der Waals surface area contributed by atoms with Gasteiger partial charge in [0.1, 0.15) is 11.3 Å². The Balaban J connectivity index is 2.04. The number of amides is 1. The van der Waals surface area contributed by atoms with Crippen LogP contribution in [0.5, 0.6) is 5.75 Å². The van der Waals surface area contributed by atoms with Gasteiger partial charge in [-0.3, -0.25) is 4.79 Å². The van der Waals surface area contributed by atoms with Gasteiger partial charge < -0.3 is 24.4 Å². The van der Waals surface area contributed by atoms with E-state index in [1.54, 1.807) is 12.1 Å². The van der Waals surface area contributed by atoms with E-state index in [4.69, 9.17) is 9.15 Å². The molecule has 0 saturated heterocycles. The van der Waals surface area contributed by atoms with Gasteiger partial charge >= 0.3 is 5.63 Å². The number of carbonyl (C=O) groups excluding carboxylic acids is 2. The zero-order chi connectivity index (χ0) is 20.5. The van der Waals surface area contributed by atoms with Crippen molar-refractivity contribution in [2.24, 2.45) is 0 Å². The van der Waals surface area contributed by atoms with Crippen molar-refractivity contribution in [3.05, 3.63) is 39.7 Å². The number of carboxylic acid groups (broad SMARTS) is 1. The first-order valence-corrected chi connectivity index (χ1v) is 9.58. The van der Waals surface area contributed by atoms with Crippen LogP contribution in [-0.4, -0.2) is 25.0 Å². The molecule has 1 aromatic heterocycles. The van der Waals surface area contributed by atoms with Gasteiger partial charge in [-0.25, -0.2) is 4.79 Å². The minimum atomic E-state index is -1.23. The first-order valence-electron chi connectivity index (χ1n) is 9.58. The first-order chi connectivity index (χ1) is 13.4. The summed E-state index contributed by atoms with van der Waals surface area (Å²) in [5, 5.41) is 13.6. The van der Waals surface area contributed by atoms with Crippen LogP contribution >= 0.6 is 0 Å². The average molecular weight is 388 g/mol. The van der Waals surface area contributed by atoms with Crippen LogP contribution in [0.1, 0.15) is 50.2 Å². The normalized spacial score (nSPS) is 10.8. The van der Waals surface area contributed by atoms with E-state index in [2.05, 4.69) is 12.2 Å². The van der Waals surface area contributed by atoms with Gasteiger partial charge in [-0.05, 0) is 37.5 Å². The molecule has 2 aromatic rings. The molecule has 0 atom stereocenters. The Hall–Kier alpha value is -2.83. The zero-order valence-corrected chi connectivity index (χ0v) is 16.3. The number of rotatable bonds is 11. The third-order valence-corrected chi connectivity index (χ3v) is 4.56. The summed E-state index contributed by atoms with van der Waals surface area (Å²) in [6.07, 6.45) is 4.79. The molecule has 1 aromatic carbocycles. The third kappa shape index (κ3) is 6.11. The number of hydrogen-bond donors (Lipinski definition) is 1. The molecule has 0 bridgehead atoms. The topological polar surface area (TPSA) is 109 Å². The maximum absolute atomic E-state index is 12.3. The van der Waals surface area contributed by atoms with Crippen molar-refractivity contribution in [3.8, 4) is 5.75 Å². The molecule has 7 heteroatoms. The maximum atomic E-state index is 12.3. The molecule has 2 rings (SSSR count). The van der Waals surface area contributed by atoms with Gasteiger partial charge in [0.2, 0.25) is 0 Å². The van der Waals surface area contributed by atoms with E-state index in [1.165, 1.54) is 0 Å². The van der Waals surface area contributed by atoms with Gasteiger partial charge in [-0.1, -0.05) is 26.2 Å². The van der Waals surface area contributed by atoms with E-state index in [1.807, 2.05) is 13.0 Å². The van der Waals surface area contributed by atoms with Crippen LogP contribution in [0.4, 0.5) is 0 Å². The standard InChI is InChI=1S/C21H27NO6/c1-3-4-5-6-7-17-14(2)16-9-8-15(12-18(16)28-21(17)26)27-13-19(23)22-11-10-20(24)25/h8-9,12H,3-7,10-11,13H2,1-2H3,(H,22,23)(H,24,25)/p-1. The highest BCUT2D eigenvalue weighted by molar-refractivity contribution is 5.82. The predicted molar refractivity (Wildman–Crippen MR) is 103 cm³/mol. The summed E-state index contributed by atoms with van der Waals surface area (Å²) >= 11 is 0. The molecule has 152 valence electrons. The maximum Gasteiger partial charge on any atom is 0.339 e. The lowest BCUT2D eigenvalue weighted by Gasteiger charge is -2.10. The summed E-state index contributed by atoms with van der Waals surface area (Å²) in [5.74, 6) is -1.28. The molecular weight excluding hydrogens is 362 g/mol. The van der Waals surface area contributed by atoms with Crippen molar-refractivity contribution in [1.29, 1.82) is 0 Å². The smallest absolute Gasteiger partial charge is 0.339 e. The van der Waals surface area contributed by atoms with E-state index in [9.17, 15) is 19.5 Å². The van der Waals surface area contributed by atoms with Crippen LogP contribution < -0.4 is 20.8 Å². The summed E-state index contributed by atoms with van der Waals surface area (Å²) in [4.78, 5) is 34.3. The van der Waals surface area contributed by atoms with Gasteiger partial charge in [-0.2, -0.15) is 0 Å². The van der Waals surface area contributed by atoms with Crippen LogP contribution in [-0.2, 0) is 16.0 Å². The van der Waals surface area contributed by atoms with E-state index < -0.39 is 11.9 Å². The van der Waals surface area contributed by atoms with Gasteiger partial charge in [-0.15, -0.1) is 0 Å². The fourth-order valence-corrected chi connectivity index (χ4v) is 2.99. The number of unbranched alkanes of at least 4 members (excludes halogenated alkanes) is 3. The SMILES string of the molecule is CCCCCCc1c(C)c2ccc(OCC(=O)NCCC(=O)[O-])cc2oc1=O. The fourth-order valence-electron chi connectivity index (χ4n) is 2.99. The number of benzene rings is 1. The molecule has 0 saturated carbocycles. The molecule has 0 aliphatic rings. The second kappa shape index (κ2) is 10.5. The molecule has 0 unspecified atom stereocenters. The zero-order valence-electron chi connectivity index (χ0n) is 16.3. The predicted octanol–water partition coefficient (Wildman–Crippen LogP) is 1.86.